The zero-order valence-corrected chi connectivity index (χ0v) is 15.7. The lowest BCUT2D eigenvalue weighted by Crippen LogP contribution is -2.21. The molecule has 0 atom stereocenters. The number of para-hydroxylation sites is 1. The van der Waals surface area contributed by atoms with Gasteiger partial charge in [-0.2, -0.15) is 9.78 Å². The molecule has 2 aromatic heterocycles. The van der Waals surface area contributed by atoms with Gasteiger partial charge < -0.3 is 5.32 Å². The summed E-state index contributed by atoms with van der Waals surface area (Å²) in [5.74, 6) is 1.05. The topological polar surface area (TPSA) is 106 Å². The van der Waals surface area contributed by atoms with Gasteiger partial charge in [0.25, 0.3) is 0 Å². The highest BCUT2D eigenvalue weighted by molar-refractivity contribution is 9.10. The summed E-state index contributed by atoms with van der Waals surface area (Å²) in [7, 11) is 0. The number of benzene rings is 2. The summed E-state index contributed by atoms with van der Waals surface area (Å²) in [4.78, 5) is 14.9. The smallest absolute Gasteiger partial charge is 0.343 e. The summed E-state index contributed by atoms with van der Waals surface area (Å²) in [5, 5.41) is 19.2. The third-order valence-corrected chi connectivity index (χ3v) is 4.39. The van der Waals surface area contributed by atoms with E-state index in [-0.39, 0.29) is 12.2 Å². The Bertz CT molecular complexity index is 1080. The van der Waals surface area contributed by atoms with Crippen LogP contribution in [0.15, 0.2) is 63.9 Å². The number of halogens is 1. The van der Waals surface area contributed by atoms with Crippen LogP contribution in [0.1, 0.15) is 11.6 Å². The molecule has 0 unspecified atom stereocenters. The average molecular weight is 427 g/mol. The molecule has 0 saturated heterocycles. The maximum absolute atomic E-state index is 12.2. The molecule has 0 fully saturated rings. The first-order chi connectivity index (χ1) is 13.2. The highest BCUT2D eigenvalue weighted by Crippen LogP contribution is 2.14. The molecule has 10 heteroatoms. The number of nitrogens with zero attached hydrogens (tertiary/aromatic N) is 6. The number of nitrogens with one attached hydrogen (secondary N) is 2. The minimum atomic E-state index is -0.315. The molecule has 2 aromatic carbocycles. The van der Waals surface area contributed by atoms with Crippen molar-refractivity contribution in [2.24, 2.45) is 0 Å². The van der Waals surface area contributed by atoms with Gasteiger partial charge in [0.15, 0.2) is 5.82 Å². The number of aromatic nitrogens is 7. The van der Waals surface area contributed by atoms with Gasteiger partial charge in [-0.15, -0.1) is 5.10 Å². The molecular formula is C17H15BrN8O. The normalized spacial score (nSPS) is 10.9. The van der Waals surface area contributed by atoms with E-state index in [0.717, 1.165) is 15.8 Å². The average Bonchev–Trinajstić information content (AvgIpc) is 3.29. The second kappa shape index (κ2) is 7.54. The molecule has 4 aromatic rings. The third kappa shape index (κ3) is 3.95. The van der Waals surface area contributed by atoms with Crippen molar-refractivity contribution in [2.45, 2.75) is 13.1 Å². The molecule has 27 heavy (non-hydrogen) atoms. The van der Waals surface area contributed by atoms with Crippen LogP contribution in [-0.4, -0.2) is 35.0 Å². The van der Waals surface area contributed by atoms with E-state index < -0.39 is 0 Å². The number of hydrogen-bond acceptors (Lipinski definition) is 6. The molecule has 2 heterocycles. The van der Waals surface area contributed by atoms with Crippen molar-refractivity contribution >= 4 is 21.6 Å². The van der Waals surface area contributed by atoms with Crippen LogP contribution in [0.5, 0.6) is 0 Å². The van der Waals surface area contributed by atoms with Crippen molar-refractivity contribution in [1.82, 2.24) is 35.0 Å². The first-order valence-corrected chi connectivity index (χ1v) is 8.96. The second-order valence-electron chi connectivity index (χ2n) is 5.74. The molecule has 0 aliphatic heterocycles. The van der Waals surface area contributed by atoms with Crippen LogP contribution >= 0.6 is 15.9 Å². The molecule has 0 radical (unpaired) electrons. The van der Waals surface area contributed by atoms with Gasteiger partial charge in [-0.3, -0.25) is 4.98 Å². The summed E-state index contributed by atoms with van der Waals surface area (Å²) in [6.45, 7) is 0.559. The van der Waals surface area contributed by atoms with E-state index in [9.17, 15) is 4.79 Å². The minimum Gasteiger partial charge on any atom is -0.378 e. The van der Waals surface area contributed by atoms with Crippen LogP contribution < -0.4 is 11.0 Å². The third-order valence-electron chi connectivity index (χ3n) is 3.86. The number of aromatic amines is 1. The van der Waals surface area contributed by atoms with Crippen LogP contribution in [-0.2, 0) is 13.1 Å². The van der Waals surface area contributed by atoms with Gasteiger partial charge in [0.05, 0.1) is 12.2 Å². The summed E-state index contributed by atoms with van der Waals surface area (Å²) >= 11 is 3.40. The lowest BCUT2D eigenvalue weighted by molar-refractivity contribution is 0.609. The fourth-order valence-electron chi connectivity index (χ4n) is 2.55. The van der Waals surface area contributed by atoms with E-state index in [2.05, 4.69) is 46.9 Å². The fourth-order valence-corrected chi connectivity index (χ4v) is 2.82. The molecule has 0 saturated carbocycles. The van der Waals surface area contributed by atoms with Crippen molar-refractivity contribution in [3.05, 3.63) is 81.2 Å². The molecule has 0 aliphatic carbocycles. The zero-order valence-electron chi connectivity index (χ0n) is 14.1. The van der Waals surface area contributed by atoms with Crippen molar-refractivity contribution in [3.8, 4) is 5.69 Å². The molecule has 2 N–H and O–H groups in total. The van der Waals surface area contributed by atoms with Crippen LogP contribution in [0.2, 0.25) is 0 Å². The maximum atomic E-state index is 12.2. The van der Waals surface area contributed by atoms with Crippen molar-refractivity contribution in [1.29, 1.82) is 0 Å². The summed E-state index contributed by atoms with van der Waals surface area (Å²) in [6, 6.07) is 17.2. The van der Waals surface area contributed by atoms with Gasteiger partial charge in [0, 0.05) is 10.2 Å². The summed E-state index contributed by atoms with van der Waals surface area (Å²) in [6.07, 6.45) is 0. The monoisotopic (exact) mass is 426 g/mol. The molecule has 4 rings (SSSR count). The zero-order chi connectivity index (χ0) is 18.6. The second-order valence-corrected chi connectivity index (χ2v) is 6.65. The highest BCUT2D eigenvalue weighted by Gasteiger charge is 2.12. The molecular weight excluding hydrogens is 412 g/mol. The van der Waals surface area contributed by atoms with Gasteiger partial charge in [-0.05, 0) is 46.8 Å². The Labute approximate surface area is 162 Å². The van der Waals surface area contributed by atoms with Gasteiger partial charge in [-0.25, -0.2) is 9.48 Å². The van der Waals surface area contributed by atoms with E-state index in [0.29, 0.717) is 18.2 Å². The Hall–Kier alpha value is -3.27. The van der Waals surface area contributed by atoms with Gasteiger partial charge in [-0.1, -0.05) is 34.1 Å². The number of H-pyrrole nitrogens is 1. The summed E-state index contributed by atoms with van der Waals surface area (Å²) < 4.78 is 3.90. The number of hydrogen-bond donors (Lipinski definition) is 2. The van der Waals surface area contributed by atoms with Crippen LogP contribution in [0.4, 0.5) is 5.69 Å². The molecule has 0 spiro atoms. The molecule has 0 bridgehead atoms. The van der Waals surface area contributed by atoms with Crippen LogP contribution in [0.25, 0.3) is 5.69 Å². The van der Waals surface area contributed by atoms with Gasteiger partial charge in [0.2, 0.25) is 0 Å². The maximum Gasteiger partial charge on any atom is 0.343 e. The van der Waals surface area contributed by atoms with E-state index in [4.69, 9.17) is 0 Å². The molecule has 0 amide bonds. The minimum absolute atomic E-state index is 0.162. The molecule has 0 aliphatic rings. The predicted octanol–water partition coefficient (Wildman–Crippen LogP) is 1.97. The van der Waals surface area contributed by atoms with E-state index >= 15 is 0 Å². The largest absolute Gasteiger partial charge is 0.378 e. The lowest BCUT2D eigenvalue weighted by Gasteiger charge is -2.04. The first-order valence-electron chi connectivity index (χ1n) is 8.17. The number of anilines is 1. The fraction of sp³-hybridized carbons (Fsp3) is 0.118. The Kier molecular flexibility index (Phi) is 4.79. The van der Waals surface area contributed by atoms with Gasteiger partial charge in [0.1, 0.15) is 12.4 Å². The van der Waals surface area contributed by atoms with Crippen molar-refractivity contribution in [2.75, 3.05) is 5.32 Å². The predicted molar refractivity (Wildman–Crippen MR) is 103 cm³/mol. The van der Waals surface area contributed by atoms with E-state index in [1.54, 1.807) is 4.68 Å². The Morgan fingerprint density at radius 1 is 1.07 bits per heavy atom. The Balaban J connectivity index is 1.49. The lowest BCUT2D eigenvalue weighted by atomic mass is 10.3. The van der Waals surface area contributed by atoms with Gasteiger partial charge >= 0.3 is 5.69 Å². The Morgan fingerprint density at radius 3 is 2.63 bits per heavy atom. The SMILES string of the molecule is O=c1[nH]c(CNc2ccc(Br)cc2)nn1Cc1nnnn1-c1ccccc1. The van der Waals surface area contributed by atoms with E-state index in [1.165, 1.54) is 4.68 Å². The quantitative estimate of drug-likeness (QED) is 0.488. The van der Waals surface area contributed by atoms with Crippen LogP contribution in [0.3, 0.4) is 0 Å². The molecule has 136 valence electrons. The summed E-state index contributed by atoms with van der Waals surface area (Å²) in [5.41, 5.74) is 1.44. The highest BCUT2D eigenvalue weighted by atomic mass is 79.9. The number of rotatable bonds is 6. The standard InChI is InChI=1S/C17H15BrN8O/c18-12-6-8-13(9-7-12)19-10-15-20-17(27)25(22-15)11-16-21-23-24-26(16)14-4-2-1-3-5-14/h1-9,19H,10-11H2,(H,20,22,27). The number of tetrazole rings is 1. The molecule has 9 nitrogen and oxygen atoms in total. The van der Waals surface area contributed by atoms with Crippen molar-refractivity contribution in [3.63, 3.8) is 0 Å². The van der Waals surface area contributed by atoms with Crippen LogP contribution in [0, 0.1) is 0 Å². The van der Waals surface area contributed by atoms with E-state index in [1.807, 2.05) is 54.6 Å². The first kappa shape index (κ1) is 17.2. The van der Waals surface area contributed by atoms with Crippen molar-refractivity contribution < 1.29 is 0 Å². The Morgan fingerprint density at radius 2 is 1.85 bits per heavy atom.